The number of nitrogens with one attached hydrogen (secondary N) is 1. The van der Waals surface area contributed by atoms with Crippen molar-refractivity contribution in [1.29, 1.82) is 0 Å². The molecular formula is C21H13BrClFN4O. The zero-order valence-electron chi connectivity index (χ0n) is 14.8. The molecule has 0 fully saturated rings. The molecule has 0 aliphatic rings. The Hall–Kier alpha value is -3.03. The molecule has 4 aromatic rings. The van der Waals surface area contributed by atoms with Crippen LogP contribution in [0.2, 0.25) is 5.02 Å². The van der Waals surface area contributed by atoms with Crippen LogP contribution in [0.1, 0.15) is 10.6 Å². The van der Waals surface area contributed by atoms with E-state index >= 15 is 0 Å². The maximum absolute atomic E-state index is 13.4. The quantitative estimate of drug-likeness (QED) is 0.413. The smallest absolute Gasteiger partial charge is 0.295 e. The topological polar surface area (TPSA) is 59.8 Å². The van der Waals surface area contributed by atoms with Crippen molar-refractivity contribution in [2.75, 3.05) is 5.32 Å². The second kappa shape index (κ2) is 8.14. The van der Waals surface area contributed by atoms with E-state index in [0.717, 1.165) is 15.7 Å². The largest absolute Gasteiger partial charge is 0.319 e. The van der Waals surface area contributed by atoms with Gasteiger partial charge in [-0.15, -0.1) is 5.10 Å². The summed E-state index contributed by atoms with van der Waals surface area (Å²) < 4.78 is 15.9. The predicted octanol–water partition coefficient (Wildman–Crippen LogP) is 5.74. The number of anilines is 1. The molecule has 144 valence electrons. The molecule has 0 atom stereocenters. The molecule has 0 aliphatic heterocycles. The third-order valence-corrected chi connectivity index (χ3v) is 4.85. The average molecular weight is 472 g/mol. The Labute approximate surface area is 179 Å². The van der Waals surface area contributed by atoms with E-state index in [1.807, 2.05) is 24.3 Å². The van der Waals surface area contributed by atoms with E-state index in [-0.39, 0.29) is 5.82 Å². The number of amides is 1. The average Bonchev–Trinajstić information content (AvgIpc) is 3.15. The Bertz CT molecular complexity index is 1110. The predicted molar refractivity (Wildman–Crippen MR) is 114 cm³/mol. The lowest BCUT2D eigenvalue weighted by molar-refractivity contribution is 0.101. The monoisotopic (exact) mass is 470 g/mol. The first-order valence-corrected chi connectivity index (χ1v) is 9.72. The summed E-state index contributed by atoms with van der Waals surface area (Å²) in [4.78, 5) is 17.1. The Morgan fingerprint density at radius 1 is 1.03 bits per heavy atom. The number of aromatic nitrogens is 3. The number of hydrogen-bond donors (Lipinski definition) is 1. The van der Waals surface area contributed by atoms with E-state index in [1.165, 1.54) is 18.2 Å². The van der Waals surface area contributed by atoms with Crippen LogP contribution in [0.4, 0.5) is 10.1 Å². The molecule has 8 heteroatoms. The first-order chi connectivity index (χ1) is 14.0. The van der Waals surface area contributed by atoms with Crippen LogP contribution in [0.25, 0.3) is 17.1 Å². The lowest BCUT2D eigenvalue weighted by atomic mass is 10.2. The first kappa shape index (κ1) is 19.3. The summed E-state index contributed by atoms with van der Waals surface area (Å²) in [5.74, 6) is -0.546. The van der Waals surface area contributed by atoms with Crippen molar-refractivity contribution in [2.45, 2.75) is 0 Å². The molecule has 1 heterocycles. The fourth-order valence-corrected chi connectivity index (χ4v) is 3.10. The molecule has 3 aromatic carbocycles. The Kier molecular flexibility index (Phi) is 5.42. The van der Waals surface area contributed by atoms with Gasteiger partial charge in [0.15, 0.2) is 5.82 Å². The van der Waals surface area contributed by atoms with Gasteiger partial charge >= 0.3 is 0 Å². The van der Waals surface area contributed by atoms with Gasteiger partial charge in [-0.1, -0.05) is 33.6 Å². The standard InChI is InChI=1S/C21H13BrClFN4O/c22-14-6-10-18(11-7-14)28-20(13-4-8-15(23)9-5-13)26-19(27-28)21(29)25-17-3-1-2-16(24)12-17/h1-12H,(H,25,29). The van der Waals surface area contributed by atoms with Gasteiger partial charge in [0.05, 0.1) is 5.69 Å². The van der Waals surface area contributed by atoms with Crippen LogP contribution in [0, 0.1) is 5.82 Å². The number of rotatable bonds is 4. The summed E-state index contributed by atoms with van der Waals surface area (Å²) in [7, 11) is 0. The minimum atomic E-state index is -0.540. The van der Waals surface area contributed by atoms with E-state index in [4.69, 9.17) is 11.6 Å². The molecule has 0 aliphatic carbocycles. The Morgan fingerprint density at radius 3 is 2.45 bits per heavy atom. The number of hydrogen-bond acceptors (Lipinski definition) is 3. The normalized spacial score (nSPS) is 10.7. The van der Waals surface area contributed by atoms with Gasteiger partial charge in [0, 0.05) is 20.7 Å². The molecule has 0 bridgehead atoms. The summed E-state index contributed by atoms with van der Waals surface area (Å²) in [5.41, 5.74) is 1.80. The highest BCUT2D eigenvalue weighted by molar-refractivity contribution is 9.10. The van der Waals surface area contributed by atoms with Gasteiger partial charge < -0.3 is 5.32 Å². The lowest BCUT2D eigenvalue weighted by Gasteiger charge is -2.06. The second-order valence-corrected chi connectivity index (χ2v) is 7.47. The fraction of sp³-hybridized carbons (Fsp3) is 0. The third-order valence-electron chi connectivity index (χ3n) is 4.07. The van der Waals surface area contributed by atoms with E-state index < -0.39 is 11.7 Å². The third kappa shape index (κ3) is 4.36. The molecule has 0 saturated heterocycles. The zero-order valence-corrected chi connectivity index (χ0v) is 17.2. The van der Waals surface area contributed by atoms with Crippen LogP contribution in [0.5, 0.6) is 0 Å². The number of benzene rings is 3. The maximum Gasteiger partial charge on any atom is 0.295 e. The Balaban J connectivity index is 1.75. The van der Waals surface area contributed by atoms with Crippen molar-refractivity contribution in [3.63, 3.8) is 0 Å². The highest BCUT2D eigenvalue weighted by Gasteiger charge is 2.19. The molecule has 0 saturated carbocycles. The van der Waals surface area contributed by atoms with Gasteiger partial charge in [0.1, 0.15) is 5.82 Å². The minimum absolute atomic E-state index is 0.0397. The minimum Gasteiger partial charge on any atom is -0.319 e. The van der Waals surface area contributed by atoms with Crippen molar-refractivity contribution < 1.29 is 9.18 Å². The van der Waals surface area contributed by atoms with Gasteiger partial charge in [0.2, 0.25) is 5.82 Å². The molecule has 1 amide bonds. The SMILES string of the molecule is O=C(Nc1cccc(F)c1)c1nc(-c2ccc(Cl)cc2)n(-c2ccc(Br)cc2)n1. The van der Waals surface area contributed by atoms with Crippen molar-refractivity contribution >= 4 is 39.1 Å². The van der Waals surface area contributed by atoms with E-state index in [2.05, 4.69) is 31.3 Å². The van der Waals surface area contributed by atoms with Crippen molar-refractivity contribution in [3.05, 3.63) is 93.9 Å². The Morgan fingerprint density at radius 2 is 1.76 bits per heavy atom. The molecule has 4 rings (SSSR count). The second-order valence-electron chi connectivity index (χ2n) is 6.12. The summed E-state index contributed by atoms with van der Waals surface area (Å²) in [5, 5.41) is 7.58. The van der Waals surface area contributed by atoms with Gasteiger partial charge in [0.25, 0.3) is 5.91 Å². The van der Waals surface area contributed by atoms with Crippen LogP contribution in [-0.2, 0) is 0 Å². The van der Waals surface area contributed by atoms with Crippen LogP contribution in [0.3, 0.4) is 0 Å². The fourth-order valence-electron chi connectivity index (χ4n) is 2.71. The summed E-state index contributed by atoms with van der Waals surface area (Å²) in [6.07, 6.45) is 0. The summed E-state index contributed by atoms with van der Waals surface area (Å²) >= 11 is 9.40. The van der Waals surface area contributed by atoms with Gasteiger partial charge in [-0.2, -0.15) is 0 Å². The van der Waals surface area contributed by atoms with Gasteiger partial charge in [-0.3, -0.25) is 4.79 Å². The van der Waals surface area contributed by atoms with Crippen molar-refractivity contribution in [1.82, 2.24) is 14.8 Å². The number of carbonyl (C=O) groups excluding carboxylic acids is 1. The van der Waals surface area contributed by atoms with E-state index in [0.29, 0.717) is 16.5 Å². The van der Waals surface area contributed by atoms with Crippen LogP contribution in [-0.4, -0.2) is 20.7 Å². The van der Waals surface area contributed by atoms with Gasteiger partial charge in [-0.25, -0.2) is 14.1 Å². The first-order valence-electron chi connectivity index (χ1n) is 8.55. The summed E-state index contributed by atoms with van der Waals surface area (Å²) in [6, 6.07) is 20.2. The maximum atomic E-state index is 13.4. The lowest BCUT2D eigenvalue weighted by Crippen LogP contribution is -2.14. The van der Waals surface area contributed by atoms with Crippen LogP contribution in [0.15, 0.2) is 77.3 Å². The molecule has 0 unspecified atom stereocenters. The summed E-state index contributed by atoms with van der Waals surface area (Å²) in [6.45, 7) is 0. The van der Waals surface area contributed by atoms with E-state index in [9.17, 15) is 9.18 Å². The zero-order chi connectivity index (χ0) is 20.4. The van der Waals surface area contributed by atoms with Crippen molar-refractivity contribution in [3.8, 4) is 17.1 Å². The molecule has 5 nitrogen and oxygen atoms in total. The highest BCUT2D eigenvalue weighted by Crippen LogP contribution is 2.24. The molecule has 1 N–H and O–H groups in total. The molecule has 29 heavy (non-hydrogen) atoms. The molecule has 0 radical (unpaired) electrons. The number of nitrogens with zero attached hydrogens (tertiary/aromatic N) is 3. The van der Waals surface area contributed by atoms with E-state index in [1.54, 1.807) is 35.0 Å². The van der Waals surface area contributed by atoms with Gasteiger partial charge in [-0.05, 0) is 66.7 Å². The number of carbonyl (C=O) groups is 1. The molecule has 0 spiro atoms. The molecular weight excluding hydrogens is 459 g/mol. The highest BCUT2D eigenvalue weighted by atomic mass is 79.9. The van der Waals surface area contributed by atoms with Crippen molar-refractivity contribution in [2.24, 2.45) is 0 Å². The molecule has 1 aromatic heterocycles. The number of halogens is 3. The van der Waals surface area contributed by atoms with Crippen LogP contribution >= 0.6 is 27.5 Å². The van der Waals surface area contributed by atoms with Crippen LogP contribution < -0.4 is 5.32 Å².